The Morgan fingerprint density at radius 1 is 1.14 bits per heavy atom. The average Bonchev–Trinajstić information content (AvgIpc) is 2.93. The van der Waals surface area contributed by atoms with Crippen LogP contribution in [0, 0.1) is 13.8 Å². The monoisotopic (exact) mass is 311 g/mol. The molecule has 0 unspecified atom stereocenters. The number of nitrogens with zero attached hydrogens (tertiary/aromatic N) is 4. The van der Waals surface area contributed by atoms with Crippen LogP contribution in [0.15, 0.2) is 36.5 Å². The Kier molecular flexibility index (Phi) is 3.88. The molecule has 1 N–H and O–H groups in total. The van der Waals surface area contributed by atoms with E-state index in [0.29, 0.717) is 23.0 Å². The number of nitrogens with one attached hydrogen (secondary N) is 1. The molecule has 0 saturated carbocycles. The number of aryl methyl sites for hydroxylation is 2. The number of aromatic nitrogens is 4. The van der Waals surface area contributed by atoms with Crippen LogP contribution in [0.1, 0.15) is 21.2 Å². The third-order valence-corrected chi connectivity index (χ3v) is 3.57. The molecule has 1 aromatic carbocycles. The Hall–Kier alpha value is -2.67. The predicted molar refractivity (Wildman–Crippen MR) is 84.8 cm³/mol. The van der Waals surface area contributed by atoms with Gasteiger partial charge in [0.2, 0.25) is 5.95 Å². The summed E-state index contributed by atoms with van der Waals surface area (Å²) in [6.07, 6.45) is 1.53. The Morgan fingerprint density at radius 3 is 2.59 bits per heavy atom. The van der Waals surface area contributed by atoms with Crippen LogP contribution in [0.4, 0.5) is 5.95 Å². The van der Waals surface area contributed by atoms with Gasteiger partial charge in [-0.2, -0.15) is 4.37 Å². The molecule has 2 aromatic heterocycles. The first-order valence-electron chi connectivity index (χ1n) is 6.64. The van der Waals surface area contributed by atoms with Gasteiger partial charge >= 0.3 is 0 Å². The van der Waals surface area contributed by atoms with E-state index in [4.69, 9.17) is 0 Å². The fourth-order valence-corrected chi connectivity index (χ4v) is 2.40. The highest BCUT2D eigenvalue weighted by Crippen LogP contribution is 2.21. The lowest BCUT2D eigenvalue weighted by Gasteiger charge is -2.08. The number of carbonyl (C=O) groups is 1. The summed E-state index contributed by atoms with van der Waals surface area (Å²) in [6, 6.07) is 9.53. The third kappa shape index (κ3) is 2.99. The summed E-state index contributed by atoms with van der Waals surface area (Å²) in [5.74, 6) is 0.585. The van der Waals surface area contributed by atoms with Gasteiger partial charge in [-0.3, -0.25) is 10.1 Å². The van der Waals surface area contributed by atoms with E-state index in [2.05, 4.69) is 24.6 Å². The Balaban J connectivity index is 1.98. The molecule has 1 amide bonds. The molecule has 3 rings (SSSR count). The minimum Gasteiger partial charge on any atom is -0.290 e. The molecule has 0 fully saturated rings. The zero-order chi connectivity index (χ0) is 15.5. The standard InChI is InChI=1S/C15H13N5OS/c1-9-16-8-12(13(17-9)11-6-4-3-5-7-11)14(21)19-15-18-10(2)22-20-15/h3-8H,1-2H3,(H,19,20,21). The molecule has 6 nitrogen and oxygen atoms in total. The Bertz CT molecular complexity index is 816. The van der Waals surface area contributed by atoms with Gasteiger partial charge < -0.3 is 0 Å². The lowest BCUT2D eigenvalue weighted by molar-refractivity contribution is 0.102. The molecule has 0 bridgehead atoms. The summed E-state index contributed by atoms with van der Waals surface area (Å²) >= 11 is 1.24. The molecule has 3 aromatic rings. The van der Waals surface area contributed by atoms with Crippen LogP contribution in [-0.2, 0) is 0 Å². The second-order valence-corrected chi connectivity index (χ2v) is 5.59. The number of benzene rings is 1. The maximum absolute atomic E-state index is 12.5. The Morgan fingerprint density at radius 2 is 1.91 bits per heavy atom. The molecular weight excluding hydrogens is 298 g/mol. The summed E-state index contributed by atoms with van der Waals surface area (Å²) in [6.45, 7) is 3.62. The lowest BCUT2D eigenvalue weighted by Crippen LogP contribution is -2.15. The first kappa shape index (κ1) is 14.3. The SMILES string of the molecule is Cc1ncc(C(=O)Nc2nsc(C)n2)c(-c2ccccc2)n1. The van der Waals surface area contributed by atoms with Crippen LogP contribution in [-0.4, -0.2) is 25.2 Å². The zero-order valence-corrected chi connectivity index (χ0v) is 12.9. The van der Waals surface area contributed by atoms with Crippen LogP contribution in [0.2, 0.25) is 0 Å². The van der Waals surface area contributed by atoms with E-state index in [9.17, 15) is 4.79 Å². The third-order valence-electron chi connectivity index (χ3n) is 2.95. The number of rotatable bonds is 3. The van der Waals surface area contributed by atoms with Crippen molar-refractivity contribution < 1.29 is 4.79 Å². The molecule has 2 heterocycles. The van der Waals surface area contributed by atoms with Crippen LogP contribution in [0.5, 0.6) is 0 Å². The van der Waals surface area contributed by atoms with Gasteiger partial charge in [-0.1, -0.05) is 30.3 Å². The van der Waals surface area contributed by atoms with Crippen molar-refractivity contribution in [2.24, 2.45) is 0 Å². The molecule has 0 aliphatic carbocycles. The van der Waals surface area contributed by atoms with E-state index in [1.54, 1.807) is 6.92 Å². The minimum atomic E-state index is -0.323. The molecule has 0 spiro atoms. The van der Waals surface area contributed by atoms with Gasteiger partial charge in [-0.25, -0.2) is 15.0 Å². The van der Waals surface area contributed by atoms with Crippen molar-refractivity contribution in [3.05, 3.63) is 52.9 Å². The first-order valence-corrected chi connectivity index (χ1v) is 7.41. The molecule has 0 saturated heterocycles. The highest BCUT2D eigenvalue weighted by molar-refractivity contribution is 7.05. The number of amides is 1. The van der Waals surface area contributed by atoms with Crippen molar-refractivity contribution in [3.63, 3.8) is 0 Å². The molecule has 22 heavy (non-hydrogen) atoms. The van der Waals surface area contributed by atoms with Gasteiger partial charge in [0.05, 0.1) is 11.3 Å². The van der Waals surface area contributed by atoms with Gasteiger partial charge in [0.1, 0.15) is 10.8 Å². The van der Waals surface area contributed by atoms with Crippen molar-refractivity contribution in [2.75, 3.05) is 5.32 Å². The second kappa shape index (κ2) is 5.98. The first-order chi connectivity index (χ1) is 10.6. The topological polar surface area (TPSA) is 80.7 Å². The van der Waals surface area contributed by atoms with Crippen LogP contribution in [0.3, 0.4) is 0 Å². The maximum atomic E-state index is 12.5. The number of hydrogen-bond acceptors (Lipinski definition) is 6. The molecule has 0 aliphatic heterocycles. The molecule has 0 aliphatic rings. The van der Waals surface area contributed by atoms with Crippen molar-refractivity contribution >= 4 is 23.4 Å². The number of carbonyl (C=O) groups excluding carboxylic acids is 1. The summed E-state index contributed by atoms with van der Waals surface area (Å²) in [5, 5.41) is 3.47. The van der Waals surface area contributed by atoms with E-state index < -0.39 is 0 Å². The fraction of sp³-hybridized carbons (Fsp3) is 0.133. The van der Waals surface area contributed by atoms with E-state index in [-0.39, 0.29) is 5.91 Å². The van der Waals surface area contributed by atoms with Crippen LogP contribution >= 0.6 is 11.5 Å². The normalized spacial score (nSPS) is 10.5. The van der Waals surface area contributed by atoms with Crippen molar-refractivity contribution in [3.8, 4) is 11.3 Å². The highest BCUT2D eigenvalue weighted by atomic mass is 32.1. The smallest absolute Gasteiger partial charge is 0.261 e. The largest absolute Gasteiger partial charge is 0.290 e. The van der Waals surface area contributed by atoms with Crippen molar-refractivity contribution in [1.29, 1.82) is 0 Å². The quantitative estimate of drug-likeness (QED) is 0.804. The van der Waals surface area contributed by atoms with Crippen LogP contribution in [0.25, 0.3) is 11.3 Å². The molecular formula is C15H13N5OS. The summed E-state index contributed by atoms with van der Waals surface area (Å²) < 4.78 is 4.06. The molecule has 7 heteroatoms. The lowest BCUT2D eigenvalue weighted by atomic mass is 10.1. The molecule has 110 valence electrons. The molecule has 0 radical (unpaired) electrons. The number of hydrogen-bond donors (Lipinski definition) is 1. The van der Waals surface area contributed by atoms with Crippen LogP contribution < -0.4 is 5.32 Å². The maximum Gasteiger partial charge on any atom is 0.261 e. The summed E-state index contributed by atoms with van der Waals surface area (Å²) in [5.41, 5.74) is 1.85. The van der Waals surface area contributed by atoms with Gasteiger partial charge in [0.15, 0.2) is 0 Å². The highest BCUT2D eigenvalue weighted by Gasteiger charge is 2.17. The fourth-order valence-electron chi connectivity index (χ4n) is 1.97. The average molecular weight is 311 g/mol. The van der Waals surface area contributed by atoms with Gasteiger partial charge in [0.25, 0.3) is 5.91 Å². The Labute approximate surface area is 131 Å². The minimum absolute atomic E-state index is 0.298. The second-order valence-electron chi connectivity index (χ2n) is 4.64. The van der Waals surface area contributed by atoms with E-state index >= 15 is 0 Å². The van der Waals surface area contributed by atoms with E-state index in [1.807, 2.05) is 37.3 Å². The zero-order valence-electron chi connectivity index (χ0n) is 12.1. The van der Waals surface area contributed by atoms with Gasteiger partial charge in [-0.05, 0) is 25.4 Å². The molecule has 0 atom stereocenters. The summed E-state index contributed by atoms with van der Waals surface area (Å²) in [7, 11) is 0. The van der Waals surface area contributed by atoms with E-state index in [1.165, 1.54) is 17.7 Å². The number of anilines is 1. The van der Waals surface area contributed by atoms with E-state index in [0.717, 1.165) is 10.6 Å². The summed E-state index contributed by atoms with van der Waals surface area (Å²) in [4.78, 5) is 25.1. The van der Waals surface area contributed by atoms with Gasteiger partial charge in [0, 0.05) is 11.8 Å². The van der Waals surface area contributed by atoms with Gasteiger partial charge in [-0.15, -0.1) is 0 Å². The van der Waals surface area contributed by atoms with Crippen molar-refractivity contribution in [1.82, 2.24) is 19.3 Å². The predicted octanol–water partition coefficient (Wildman–Crippen LogP) is 2.86. The van der Waals surface area contributed by atoms with Crippen molar-refractivity contribution in [2.45, 2.75) is 13.8 Å².